The number of hydrogen-bond donors (Lipinski definition) is 1. The molecule has 0 unspecified atom stereocenters. The van der Waals surface area contributed by atoms with Crippen molar-refractivity contribution in [3.05, 3.63) is 21.0 Å². The van der Waals surface area contributed by atoms with Crippen LogP contribution in [0, 0.1) is 3.70 Å². The van der Waals surface area contributed by atoms with E-state index >= 15 is 0 Å². The van der Waals surface area contributed by atoms with Crippen molar-refractivity contribution in [2.75, 3.05) is 0 Å². The zero-order valence-electron chi connectivity index (χ0n) is 8.59. The summed E-state index contributed by atoms with van der Waals surface area (Å²) in [5.74, 6) is -2.02. The van der Waals surface area contributed by atoms with Gasteiger partial charge in [0.2, 0.25) is 0 Å². The average Bonchev–Trinajstić information content (AvgIpc) is 2.19. The van der Waals surface area contributed by atoms with Crippen LogP contribution in [0.2, 0.25) is 0 Å². The van der Waals surface area contributed by atoms with Crippen molar-refractivity contribution >= 4 is 40.2 Å². The second-order valence-electron chi connectivity index (χ2n) is 3.14. The number of nitrogens with zero attached hydrogens (tertiary/aromatic N) is 1. The molecule has 1 heterocycles. The van der Waals surface area contributed by atoms with Crippen LogP contribution in [0.25, 0.3) is 0 Å². The Hall–Kier alpha value is -0.770. The Bertz CT molecular complexity index is 467. The molecule has 0 saturated carbocycles. The predicted octanol–water partition coefficient (Wildman–Crippen LogP) is 2.95. The number of ether oxygens (including phenoxy) is 1. The highest BCUT2D eigenvalue weighted by Gasteiger charge is 2.32. The van der Waals surface area contributed by atoms with E-state index in [1.54, 1.807) is 22.6 Å². The second-order valence-corrected chi connectivity index (χ2v) is 4.42. The summed E-state index contributed by atoms with van der Waals surface area (Å²) < 4.78 is 40.5. The van der Waals surface area contributed by atoms with Crippen LogP contribution in [-0.4, -0.2) is 22.4 Å². The summed E-state index contributed by atoms with van der Waals surface area (Å²) in [7, 11) is 0. The minimum absolute atomic E-state index is 0.0902. The third kappa shape index (κ3) is 4.48. The van der Waals surface area contributed by atoms with Crippen molar-refractivity contribution < 1.29 is 27.8 Å². The highest BCUT2D eigenvalue weighted by Crippen LogP contribution is 2.29. The Morgan fingerprint density at radius 2 is 2.17 bits per heavy atom. The summed E-state index contributed by atoms with van der Waals surface area (Å²) in [5, 5.41) is 8.62. The van der Waals surface area contributed by atoms with Gasteiger partial charge < -0.3 is 9.84 Å². The largest absolute Gasteiger partial charge is 0.573 e. The molecule has 4 nitrogen and oxygen atoms in total. The Morgan fingerprint density at radius 3 is 2.61 bits per heavy atom. The van der Waals surface area contributed by atoms with E-state index in [1.807, 2.05) is 0 Å². The molecule has 0 fully saturated rings. The molecule has 9 heteroatoms. The molecule has 18 heavy (non-hydrogen) atoms. The molecule has 0 atom stereocenters. The van der Waals surface area contributed by atoms with E-state index in [2.05, 4.69) is 9.72 Å². The number of carbonyl (C=O) groups is 1. The molecule has 100 valence electrons. The number of alkyl halides is 4. The zero-order valence-corrected chi connectivity index (χ0v) is 11.5. The van der Waals surface area contributed by atoms with E-state index < -0.39 is 24.5 Å². The van der Waals surface area contributed by atoms with Crippen molar-refractivity contribution in [1.82, 2.24) is 4.98 Å². The topological polar surface area (TPSA) is 59.4 Å². The van der Waals surface area contributed by atoms with E-state index in [0.29, 0.717) is 0 Å². The fourth-order valence-electron chi connectivity index (χ4n) is 1.14. The molecule has 0 saturated heterocycles. The van der Waals surface area contributed by atoms with Crippen LogP contribution >= 0.6 is 34.2 Å². The van der Waals surface area contributed by atoms with Crippen LogP contribution in [0.15, 0.2) is 6.07 Å². The monoisotopic (exact) mass is 395 g/mol. The standard InChI is InChI=1S/C9H6ClF3INO3/c10-3-5-6(18-9(11,12)13)1-4(2-7(16)17)8(14)15-5/h1H,2-3H2,(H,16,17). The zero-order chi connectivity index (χ0) is 13.9. The molecule has 0 aliphatic carbocycles. The molecule has 1 rings (SSSR count). The molecule has 0 spiro atoms. The molecule has 0 aliphatic heterocycles. The molecule has 0 amide bonds. The molecule has 1 aromatic rings. The number of rotatable bonds is 4. The fraction of sp³-hybridized carbons (Fsp3) is 0.333. The average molecular weight is 396 g/mol. The molecule has 1 N–H and O–H groups in total. The SMILES string of the molecule is O=C(O)Cc1cc(OC(F)(F)F)c(CCl)nc1I. The van der Waals surface area contributed by atoms with Crippen molar-refractivity contribution in [1.29, 1.82) is 0 Å². The Labute approximate surface area is 118 Å². The minimum Gasteiger partial charge on any atom is -0.481 e. The Morgan fingerprint density at radius 1 is 1.56 bits per heavy atom. The smallest absolute Gasteiger partial charge is 0.481 e. The van der Waals surface area contributed by atoms with Crippen molar-refractivity contribution in [2.24, 2.45) is 0 Å². The Balaban J connectivity index is 3.17. The van der Waals surface area contributed by atoms with E-state index in [1.165, 1.54) is 0 Å². The van der Waals surface area contributed by atoms with Gasteiger partial charge in [0.1, 0.15) is 3.70 Å². The molecule has 0 radical (unpaired) electrons. The second kappa shape index (κ2) is 5.91. The third-order valence-corrected chi connectivity index (χ3v) is 2.97. The van der Waals surface area contributed by atoms with E-state index in [0.717, 1.165) is 6.07 Å². The van der Waals surface area contributed by atoms with E-state index in [4.69, 9.17) is 16.7 Å². The third-order valence-electron chi connectivity index (χ3n) is 1.78. The van der Waals surface area contributed by atoms with Gasteiger partial charge in [-0.2, -0.15) is 0 Å². The van der Waals surface area contributed by atoms with E-state index in [-0.39, 0.29) is 20.8 Å². The Kier molecular flexibility index (Phi) is 5.02. The van der Waals surface area contributed by atoms with Gasteiger partial charge in [-0.15, -0.1) is 24.8 Å². The number of hydrogen-bond acceptors (Lipinski definition) is 3. The van der Waals surface area contributed by atoms with Crippen LogP contribution in [-0.2, 0) is 17.1 Å². The maximum absolute atomic E-state index is 12.1. The lowest BCUT2D eigenvalue weighted by Gasteiger charge is -2.13. The first-order valence-corrected chi connectivity index (χ1v) is 6.06. The van der Waals surface area contributed by atoms with Gasteiger partial charge in [-0.25, -0.2) is 4.98 Å². The lowest BCUT2D eigenvalue weighted by Crippen LogP contribution is -2.19. The normalized spacial score (nSPS) is 11.4. The van der Waals surface area contributed by atoms with Crippen molar-refractivity contribution in [2.45, 2.75) is 18.7 Å². The first-order chi connectivity index (χ1) is 8.23. The highest BCUT2D eigenvalue weighted by molar-refractivity contribution is 14.1. The van der Waals surface area contributed by atoms with Gasteiger partial charge in [0.25, 0.3) is 0 Å². The molecule has 1 aromatic heterocycles. The van der Waals surface area contributed by atoms with Crippen molar-refractivity contribution in [3.8, 4) is 5.75 Å². The quantitative estimate of drug-likeness (QED) is 0.484. The number of aliphatic carboxylic acids is 1. The van der Waals surface area contributed by atoms with Crippen LogP contribution in [0.4, 0.5) is 13.2 Å². The highest BCUT2D eigenvalue weighted by atomic mass is 127. The number of pyridine rings is 1. The first-order valence-electron chi connectivity index (χ1n) is 4.44. The maximum atomic E-state index is 12.1. The molecule has 0 bridgehead atoms. The van der Waals surface area contributed by atoms with Gasteiger partial charge in [0, 0.05) is 0 Å². The first kappa shape index (κ1) is 15.3. The summed E-state index contributed by atoms with van der Waals surface area (Å²) in [6.07, 6.45) is -5.32. The minimum atomic E-state index is -4.88. The van der Waals surface area contributed by atoms with Crippen molar-refractivity contribution in [3.63, 3.8) is 0 Å². The van der Waals surface area contributed by atoms with Gasteiger partial charge in [-0.3, -0.25) is 4.79 Å². The summed E-state index contributed by atoms with van der Waals surface area (Å²) in [5.41, 5.74) is 0.0451. The van der Waals surface area contributed by atoms with Crippen LogP contribution in [0.3, 0.4) is 0 Å². The lowest BCUT2D eigenvalue weighted by molar-refractivity contribution is -0.275. The van der Waals surface area contributed by atoms with Crippen LogP contribution < -0.4 is 4.74 Å². The van der Waals surface area contributed by atoms with Gasteiger partial charge >= 0.3 is 12.3 Å². The summed E-state index contributed by atoms with van der Waals surface area (Å²) in [6, 6.07) is 0.994. The van der Waals surface area contributed by atoms with Gasteiger partial charge in [0.05, 0.1) is 18.0 Å². The lowest BCUT2D eigenvalue weighted by atomic mass is 10.2. The number of halogens is 5. The molecule has 0 aromatic carbocycles. The van der Waals surface area contributed by atoms with Gasteiger partial charge in [-0.1, -0.05) is 0 Å². The van der Waals surface area contributed by atoms with E-state index in [9.17, 15) is 18.0 Å². The summed E-state index contributed by atoms with van der Waals surface area (Å²) >= 11 is 7.19. The molecule has 0 aliphatic rings. The fourth-order valence-corrected chi connectivity index (χ4v) is 1.97. The van der Waals surface area contributed by atoms with Gasteiger partial charge in [-0.05, 0) is 34.2 Å². The molecular formula is C9H6ClF3INO3. The van der Waals surface area contributed by atoms with Crippen LogP contribution in [0.5, 0.6) is 5.75 Å². The summed E-state index contributed by atoms with van der Waals surface area (Å²) in [6.45, 7) is 0. The van der Waals surface area contributed by atoms with Crippen LogP contribution in [0.1, 0.15) is 11.3 Å². The predicted molar refractivity (Wildman–Crippen MR) is 64.5 cm³/mol. The number of carboxylic acids is 1. The summed E-state index contributed by atoms with van der Waals surface area (Å²) in [4.78, 5) is 14.3. The maximum Gasteiger partial charge on any atom is 0.573 e. The number of carboxylic acid groups (broad SMARTS) is 1. The number of aromatic nitrogens is 1. The molecular weight excluding hydrogens is 389 g/mol. The van der Waals surface area contributed by atoms with Gasteiger partial charge in [0.15, 0.2) is 5.75 Å².